The van der Waals surface area contributed by atoms with Gasteiger partial charge in [-0.25, -0.2) is 0 Å². The first-order chi connectivity index (χ1) is 7.20. The molecule has 0 bridgehead atoms. The van der Waals surface area contributed by atoms with Crippen molar-refractivity contribution in [2.45, 2.75) is 12.3 Å². The quantitative estimate of drug-likeness (QED) is 0.527. The molecule has 2 rings (SSSR count). The molecule has 1 saturated heterocycles. The van der Waals surface area contributed by atoms with Crippen LogP contribution in [0.2, 0.25) is 0 Å². The maximum Gasteiger partial charge on any atom is 0.190 e. The van der Waals surface area contributed by atoms with E-state index in [4.69, 9.17) is 5.73 Å². The van der Waals surface area contributed by atoms with Gasteiger partial charge in [0.2, 0.25) is 0 Å². The van der Waals surface area contributed by atoms with E-state index in [2.05, 4.69) is 21.2 Å². The molecule has 1 aromatic rings. The maximum absolute atomic E-state index is 5.78. The first kappa shape index (κ1) is 10.0. The van der Waals surface area contributed by atoms with Crippen LogP contribution in [0.15, 0.2) is 17.4 Å². The van der Waals surface area contributed by atoms with Crippen LogP contribution in [0.4, 0.5) is 0 Å². The Morgan fingerprint density at radius 1 is 1.67 bits per heavy atom. The van der Waals surface area contributed by atoms with Crippen LogP contribution in [0.3, 0.4) is 0 Å². The predicted octanol–water partition coefficient (Wildman–Crippen LogP) is 0.154. The molecule has 82 valence electrons. The molecule has 1 aliphatic heterocycles. The Morgan fingerprint density at radius 2 is 2.47 bits per heavy atom. The predicted molar refractivity (Wildman–Crippen MR) is 59.7 cm³/mol. The molecule has 1 unspecified atom stereocenters. The molecular weight excluding hydrogens is 190 g/mol. The third-order valence-electron chi connectivity index (χ3n) is 2.94. The second-order valence-corrected chi connectivity index (χ2v) is 3.96. The average Bonchev–Trinajstić information content (AvgIpc) is 2.84. The second kappa shape index (κ2) is 3.92. The highest BCUT2D eigenvalue weighted by Gasteiger charge is 2.25. The number of aryl methyl sites for hydroxylation is 1. The molecule has 1 aliphatic rings. The zero-order valence-corrected chi connectivity index (χ0v) is 9.22. The number of nitrogens with two attached hydrogens (primary N) is 1. The van der Waals surface area contributed by atoms with E-state index in [0.717, 1.165) is 19.5 Å². The van der Waals surface area contributed by atoms with Gasteiger partial charge in [0.15, 0.2) is 5.96 Å². The van der Waals surface area contributed by atoms with Gasteiger partial charge in [0, 0.05) is 39.3 Å². The Hall–Kier alpha value is -1.52. The minimum Gasteiger partial charge on any atom is -0.370 e. The van der Waals surface area contributed by atoms with Crippen molar-refractivity contribution in [2.75, 3.05) is 20.1 Å². The summed E-state index contributed by atoms with van der Waals surface area (Å²) in [5, 5.41) is 4.19. The maximum atomic E-state index is 5.78. The molecule has 5 nitrogen and oxygen atoms in total. The smallest absolute Gasteiger partial charge is 0.190 e. The Bertz CT molecular complexity index is 368. The molecule has 1 atom stereocenters. The highest BCUT2D eigenvalue weighted by Crippen LogP contribution is 2.26. The number of aliphatic imine (C=N–C) groups is 1. The van der Waals surface area contributed by atoms with Crippen LogP contribution in [0.1, 0.15) is 17.9 Å². The van der Waals surface area contributed by atoms with Crippen molar-refractivity contribution in [1.82, 2.24) is 14.7 Å². The van der Waals surface area contributed by atoms with Gasteiger partial charge in [-0.15, -0.1) is 0 Å². The minimum absolute atomic E-state index is 0.541. The molecule has 2 heterocycles. The molecule has 0 radical (unpaired) electrons. The molecule has 0 aromatic carbocycles. The zero-order valence-electron chi connectivity index (χ0n) is 9.22. The van der Waals surface area contributed by atoms with E-state index >= 15 is 0 Å². The van der Waals surface area contributed by atoms with E-state index in [1.807, 2.05) is 17.9 Å². The number of hydrogen-bond acceptors (Lipinski definition) is 2. The monoisotopic (exact) mass is 207 g/mol. The van der Waals surface area contributed by atoms with Crippen LogP contribution < -0.4 is 5.73 Å². The number of hydrogen-bond donors (Lipinski definition) is 1. The summed E-state index contributed by atoms with van der Waals surface area (Å²) >= 11 is 0. The molecule has 0 amide bonds. The number of likely N-dealkylation sites (tertiary alicyclic amines) is 1. The summed E-state index contributed by atoms with van der Waals surface area (Å²) in [5.41, 5.74) is 7.07. The lowest BCUT2D eigenvalue weighted by molar-refractivity contribution is 0.503. The topological polar surface area (TPSA) is 59.4 Å². The van der Waals surface area contributed by atoms with Gasteiger partial charge in [0.25, 0.3) is 0 Å². The fourth-order valence-corrected chi connectivity index (χ4v) is 2.03. The van der Waals surface area contributed by atoms with Crippen molar-refractivity contribution in [2.24, 2.45) is 17.8 Å². The third-order valence-corrected chi connectivity index (χ3v) is 2.94. The van der Waals surface area contributed by atoms with Crippen molar-refractivity contribution >= 4 is 5.96 Å². The van der Waals surface area contributed by atoms with E-state index in [1.165, 1.54) is 5.56 Å². The Balaban J connectivity index is 2.04. The lowest BCUT2D eigenvalue weighted by atomic mass is 10.0. The number of aromatic nitrogens is 2. The van der Waals surface area contributed by atoms with Crippen LogP contribution in [0, 0.1) is 0 Å². The number of nitrogens with zero attached hydrogens (tertiary/aromatic N) is 4. The molecule has 2 N–H and O–H groups in total. The van der Waals surface area contributed by atoms with Crippen LogP contribution in [-0.4, -0.2) is 40.8 Å². The standard InChI is InChI=1S/C10H17N5/c1-12-10(11)15-4-3-8(7-15)9-5-13-14(2)6-9/h5-6,8H,3-4,7H2,1-2H3,(H2,11,12). The Morgan fingerprint density at radius 3 is 3.07 bits per heavy atom. The van der Waals surface area contributed by atoms with E-state index in [-0.39, 0.29) is 0 Å². The van der Waals surface area contributed by atoms with Gasteiger partial charge in [0.05, 0.1) is 6.20 Å². The number of guanidine groups is 1. The molecular formula is C10H17N5. The lowest BCUT2D eigenvalue weighted by Gasteiger charge is -2.16. The highest BCUT2D eigenvalue weighted by atomic mass is 15.3. The minimum atomic E-state index is 0.541. The third kappa shape index (κ3) is 1.95. The highest BCUT2D eigenvalue weighted by molar-refractivity contribution is 5.78. The Kier molecular flexibility index (Phi) is 2.62. The van der Waals surface area contributed by atoms with Crippen molar-refractivity contribution in [3.63, 3.8) is 0 Å². The van der Waals surface area contributed by atoms with Crippen LogP contribution in [0.25, 0.3) is 0 Å². The van der Waals surface area contributed by atoms with Gasteiger partial charge in [-0.3, -0.25) is 9.67 Å². The summed E-state index contributed by atoms with van der Waals surface area (Å²) in [6, 6.07) is 0. The van der Waals surface area contributed by atoms with Gasteiger partial charge < -0.3 is 10.6 Å². The first-order valence-corrected chi connectivity index (χ1v) is 5.16. The van der Waals surface area contributed by atoms with Crippen molar-refractivity contribution in [1.29, 1.82) is 0 Å². The van der Waals surface area contributed by atoms with Gasteiger partial charge in [-0.1, -0.05) is 0 Å². The first-order valence-electron chi connectivity index (χ1n) is 5.16. The van der Waals surface area contributed by atoms with Gasteiger partial charge in [-0.05, 0) is 12.0 Å². The summed E-state index contributed by atoms with van der Waals surface area (Å²) in [6.45, 7) is 1.94. The van der Waals surface area contributed by atoms with Crippen LogP contribution in [0.5, 0.6) is 0 Å². The fraction of sp³-hybridized carbons (Fsp3) is 0.600. The summed E-state index contributed by atoms with van der Waals surface area (Å²) in [6.07, 6.45) is 5.14. The average molecular weight is 207 g/mol. The van der Waals surface area contributed by atoms with Gasteiger partial charge in [0.1, 0.15) is 0 Å². The van der Waals surface area contributed by atoms with E-state index in [1.54, 1.807) is 7.05 Å². The molecule has 15 heavy (non-hydrogen) atoms. The lowest BCUT2D eigenvalue weighted by Crippen LogP contribution is -2.35. The van der Waals surface area contributed by atoms with Crippen LogP contribution >= 0.6 is 0 Å². The summed E-state index contributed by atoms with van der Waals surface area (Å²) in [4.78, 5) is 6.13. The van der Waals surface area contributed by atoms with Crippen molar-refractivity contribution in [3.05, 3.63) is 18.0 Å². The molecule has 5 heteroatoms. The second-order valence-electron chi connectivity index (χ2n) is 3.96. The molecule has 1 fully saturated rings. The number of rotatable bonds is 1. The Labute approximate surface area is 89.6 Å². The van der Waals surface area contributed by atoms with E-state index < -0.39 is 0 Å². The van der Waals surface area contributed by atoms with Gasteiger partial charge >= 0.3 is 0 Å². The van der Waals surface area contributed by atoms with Crippen molar-refractivity contribution < 1.29 is 0 Å². The normalized spacial score (nSPS) is 22.4. The summed E-state index contributed by atoms with van der Waals surface area (Å²) in [7, 11) is 3.67. The zero-order chi connectivity index (χ0) is 10.8. The van der Waals surface area contributed by atoms with Crippen LogP contribution in [-0.2, 0) is 7.05 Å². The SMILES string of the molecule is CN=C(N)N1CCC(c2cnn(C)c2)C1. The summed E-state index contributed by atoms with van der Waals surface area (Å²) < 4.78 is 1.84. The molecule has 0 aliphatic carbocycles. The molecule has 1 aromatic heterocycles. The fourth-order valence-electron chi connectivity index (χ4n) is 2.03. The molecule has 0 spiro atoms. The molecule has 0 saturated carbocycles. The van der Waals surface area contributed by atoms with Crippen molar-refractivity contribution in [3.8, 4) is 0 Å². The van der Waals surface area contributed by atoms with E-state index in [0.29, 0.717) is 11.9 Å². The largest absolute Gasteiger partial charge is 0.370 e. The van der Waals surface area contributed by atoms with E-state index in [9.17, 15) is 0 Å². The van der Waals surface area contributed by atoms with Gasteiger partial charge in [-0.2, -0.15) is 5.10 Å². The summed E-state index contributed by atoms with van der Waals surface area (Å²) in [5.74, 6) is 1.18.